The van der Waals surface area contributed by atoms with Crippen molar-refractivity contribution in [3.8, 4) is 0 Å². The van der Waals surface area contributed by atoms with Crippen LogP contribution in [0.15, 0.2) is 42.5 Å². The quantitative estimate of drug-likeness (QED) is 0.606. The number of carbonyl (C=O) groups excluding carboxylic acids is 1. The van der Waals surface area contributed by atoms with E-state index in [1.54, 1.807) is 0 Å². The molecule has 0 saturated heterocycles. The van der Waals surface area contributed by atoms with Crippen LogP contribution in [0, 0.1) is 11.6 Å². The number of rotatable bonds is 3. The van der Waals surface area contributed by atoms with Crippen molar-refractivity contribution in [1.82, 2.24) is 0 Å². The first kappa shape index (κ1) is 15.2. The normalized spacial score (nSPS) is 11.5. The number of Topliss-reactive ketones (excluding diaryl/α,β-unsaturated/α-hetero) is 1. The maximum absolute atomic E-state index is 13.4. The lowest BCUT2D eigenvalue weighted by Gasteiger charge is -2.12. The number of hydrogen-bond acceptors (Lipinski definition) is 1. The van der Waals surface area contributed by atoms with Gasteiger partial charge in [-0.15, -0.1) is 0 Å². The number of carbonyl (C=O) groups is 1. The van der Waals surface area contributed by atoms with E-state index in [1.807, 2.05) is 0 Å². The highest BCUT2D eigenvalue weighted by atomic mass is 19.4. The first-order valence-corrected chi connectivity index (χ1v) is 5.92. The molecular formula is C15H9F5O. The summed E-state index contributed by atoms with van der Waals surface area (Å²) in [7, 11) is 0. The van der Waals surface area contributed by atoms with Crippen molar-refractivity contribution >= 4 is 5.78 Å². The molecule has 110 valence electrons. The molecular weight excluding hydrogens is 291 g/mol. The Morgan fingerprint density at radius 1 is 1.00 bits per heavy atom. The minimum Gasteiger partial charge on any atom is -0.294 e. The Morgan fingerprint density at radius 3 is 2.33 bits per heavy atom. The first-order chi connectivity index (χ1) is 9.79. The molecule has 0 saturated carbocycles. The number of halogens is 5. The molecule has 0 unspecified atom stereocenters. The summed E-state index contributed by atoms with van der Waals surface area (Å²) in [6.45, 7) is 0. The largest absolute Gasteiger partial charge is 0.417 e. The molecule has 0 aliphatic rings. The molecule has 1 nitrogen and oxygen atoms in total. The second-order valence-corrected chi connectivity index (χ2v) is 4.38. The average molecular weight is 300 g/mol. The molecule has 2 aromatic rings. The SMILES string of the molecule is O=C(Cc1cc(F)ccc1F)c1ccccc1C(F)(F)F. The highest BCUT2D eigenvalue weighted by molar-refractivity contribution is 5.99. The van der Waals surface area contributed by atoms with Gasteiger partial charge in [0.05, 0.1) is 5.56 Å². The van der Waals surface area contributed by atoms with Gasteiger partial charge in [0.2, 0.25) is 0 Å². The van der Waals surface area contributed by atoms with E-state index in [1.165, 1.54) is 6.07 Å². The van der Waals surface area contributed by atoms with Crippen molar-refractivity contribution in [1.29, 1.82) is 0 Å². The summed E-state index contributed by atoms with van der Waals surface area (Å²) in [4.78, 5) is 12.0. The molecule has 0 radical (unpaired) electrons. The van der Waals surface area contributed by atoms with E-state index in [4.69, 9.17) is 0 Å². The van der Waals surface area contributed by atoms with Gasteiger partial charge >= 0.3 is 6.18 Å². The maximum atomic E-state index is 13.4. The van der Waals surface area contributed by atoms with Gasteiger partial charge in [-0.3, -0.25) is 4.79 Å². The summed E-state index contributed by atoms with van der Waals surface area (Å²) in [5.74, 6) is -2.52. The minimum absolute atomic E-state index is 0.281. The summed E-state index contributed by atoms with van der Waals surface area (Å²) < 4.78 is 64.9. The Bertz CT molecular complexity index is 676. The minimum atomic E-state index is -4.69. The van der Waals surface area contributed by atoms with Gasteiger partial charge in [0.25, 0.3) is 0 Å². The molecule has 0 spiro atoms. The van der Waals surface area contributed by atoms with Gasteiger partial charge in [0.15, 0.2) is 5.78 Å². The fourth-order valence-electron chi connectivity index (χ4n) is 1.92. The molecule has 6 heteroatoms. The lowest BCUT2D eigenvalue weighted by atomic mass is 9.98. The van der Waals surface area contributed by atoms with Gasteiger partial charge in [0, 0.05) is 12.0 Å². The molecule has 0 aliphatic carbocycles. The fourth-order valence-corrected chi connectivity index (χ4v) is 1.92. The van der Waals surface area contributed by atoms with Gasteiger partial charge < -0.3 is 0 Å². The molecule has 0 atom stereocenters. The molecule has 0 N–H and O–H groups in total. The zero-order chi connectivity index (χ0) is 15.6. The predicted octanol–water partition coefficient (Wildman–Crippen LogP) is 4.41. The van der Waals surface area contributed by atoms with Gasteiger partial charge in [-0.1, -0.05) is 18.2 Å². The van der Waals surface area contributed by atoms with Crippen molar-refractivity contribution < 1.29 is 26.7 Å². The second-order valence-electron chi connectivity index (χ2n) is 4.38. The molecule has 0 fully saturated rings. The molecule has 0 aromatic heterocycles. The Morgan fingerprint density at radius 2 is 1.67 bits per heavy atom. The highest BCUT2D eigenvalue weighted by Crippen LogP contribution is 2.32. The molecule has 21 heavy (non-hydrogen) atoms. The Labute approximate surface area is 117 Å². The van der Waals surface area contributed by atoms with Crippen LogP contribution in [-0.4, -0.2) is 5.78 Å². The summed E-state index contributed by atoms with van der Waals surface area (Å²) >= 11 is 0. The fraction of sp³-hybridized carbons (Fsp3) is 0.133. The van der Waals surface area contributed by atoms with E-state index in [9.17, 15) is 26.7 Å². The van der Waals surface area contributed by atoms with Gasteiger partial charge in [-0.2, -0.15) is 13.2 Å². The van der Waals surface area contributed by atoms with Gasteiger partial charge in [0.1, 0.15) is 11.6 Å². The van der Waals surface area contributed by atoms with E-state index in [-0.39, 0.29) is 5.56 Å². The van der Waals surface area contributed by atoms with Crippen LogP contribution in [0.1, 0.15) is 21.5 Å². The number of ketones is 1. The van der Waals surface area contributed by atoms with E-state index >= 15 is 0 Å². The first-order valence-electron chi connectivity index (χ1n) is 5.92. The van der Waals surface area contributed by atoms with Crippen LogP contribution in [0.3, 0.4) is 0 Å². The zero-order valence-electron chi connectivity index (χ0n) is 10.5. The van der Waals surface area contributed by atoms with Crippen LogP contribution in [0.4, 0.5) is 22.0 Å². The smallest absolute Gasteiger partial charge is 0.294 e. The monoisotopic (exact) mass is 300 g/mol. The molecule has 0 heterocycles. The van der Waals surface area contributed by atoms with Gasteiger partial charge in [-0.05, 0) is 29.8 Å². The third-order valence-electron chi connectivity index (χ3n) is 2.89. The summed E-state index contributed by atoms with van der Waals surface area (Å²) in [6.07, 6.45) is -5.33. The Balaban J connectivity index is 2.36. The van der Waals surface area contributed by atoms with Crippen molar-refractivity contribution in [2.45, 2.75) is 12.6 Å². The van der Waals surface area contributed by atoms with Crippen LogP contribution in [0.25, 0.3) is 0 Å². The lowest BCUT2D eigenvalue weighted by Crippen LogP contribution is -2.15. The second kappa shape index (κ2) is 5.63. The van der Waals surface area contributed by atoms with Crippen LogP contribution in [0.2, 0.25) is 0 Å². The topological polar surface area (TPSA) is 17.1 Å². The van der Waals surface area contributed by atoms with E-state index < -0.39 is 41.1 Å². The summed E-state index contributed by atoms with van der Waals surface area (Å²) in [6, 6.07) is 6.72. The Kier molecular flexibility index (Phi) is 4.06. The standard InChI is InChI=1S/C15H9F5O/c16-10-5-6-13(17)9(7-10)8-14(21)11-3-1-2-4-12(11)15(18,19)20/h1-7H,8H2. The van der Waals surface area contributed by atoms with Crippen molar-refractivity contribution in [2.24, 2.45) is 0 Å². The summed E-state index contributed by atoms with van der Waals surface area (Å²) in [5.41, 5.74) is -1.93. The van der Waals surface area contributed by atoms with Crippen LogP contribution >= 0.6 is 0 Å². The van der Waals surface area contributed by atoms with E-state index in [2.05, 4.69) is 0 Å². The van der Waals surface area contributed by atoms with E-state index in [0.717, 1.165) is 36.4 Å². The average Bonchev–Trinajstić information content (AvgIpc) is 2.42. The lowest BCUT2D eigenvalue weighted by molar-refractivity contribution is -0.137. The zero-order valence-corrected chi connectivity index (χ0v) is 10.5. The molecule has 0 aliphatic heterocycles. The number of benzene rings is 2. The van der Waals surface area contributed by atoms with Crippen LogP contribution < -0.4 is 0 Å². The molecule has 0 amide bonds. The maximum Gasteiger partial charge on any atom is 0.417 e. The predicted molar refractivity (Wildman–Crippen MR) is 65.8 cm³/mol. The number of hydrogen-bond donors (Lipinski definition) is 0. The van der Waals surface area contributed by atoms with Crippen LogP contribution in [-0.2, 0) is 12.6 Å². The van der Waals surface area contributed by atoms with Crippen LogP contribution in [0.5, 0.6) is 0 Å². The van der Waals surface area contributed by atoms with E-state index in [0.29, 0.717) is 0 Å². The van der Waals surface area contributed by atoms with Gasteiger partial charge in [-0.25, -0.2) is 8.78 Å². The molecule has 2 aromatic carbocycles. The molecule has 2 rings (SSSR count). The Hall–Kier alpha value is -2.24. The highest BCUT2D eigenvalue weighted by Gasteiger charge is 2.34. The van der Waals surface area contributed by atoms with Crippen molar-refractivity contribution in [3.63, 3.8) is 0 Å². The molecule has 0 bridgehead atoms. The summed E-state index contributed by atoms with van der Waals surface area (Å²) in [5, 5.41) is 0. The third-order valence-corrected chi connectivity index (χ3v) is 2.89. The van der Waals surface area contributed by atoms with Crippen molar-refractivity contribution in [3.05, 3.63) is 70.8 Å². The third kappa shape index (κ3) is 3.45. The van der Waals surface area contributed by atoms with Crippen molar-refractivity contribution in [2.75, 3.05) is 0 Å². The number of alkyl halides is 3.